The average Bonchev–Trinajstić information content (AvgIpc) is 3.09. The van der Waals surface area contributed by atoms with Gasteiger partial charge in [0.25, 0.3) is 0 Å². The van der Waals surface area contributed by atoms with Crippen molar-refractivity contribution in [2.24, 2.45) is 5.92 Å². The minimum absolute atomic E-state index is 0.472. The van der Waals surface area contributed by atoms with E-state index >= 15 is 0 Å². The lowest BCUT2D eigenvalue weighted by Gasteiger charge is -2.03. The van der Waals surface area contributed by atoms with Crippen molar-refractivity contribution in [3.63, 3.8) is 0 Å². The van der Waals surface area contributed by atoms with Gasteiger partial charge in [0.15, 0.2) is 0 Å². The Labute approximate surface area is 111 Å². The smallest absolute Gasteiger partial charge is 0.240 e. The lowest BCUT2D eigenvalue weighted by atomic mass is 10.0. The molecule has 1 atom stereocenters. The fraction of sp³-hybridized carbons (Fsp3) is 0.538. The minimum Gasteiger partial charge on any atom is -0.339 e. The molecule has 0 aromatic carbocycles. The number of nitrogens with one attached hydrogen (secondary N) is 1. The minimum atomic E-state index is 0.472. The van der Waals surface area contributed by atoms with Crippen LogP contribution in [0.2, 0.25) is 0 Å². The van der Waals surface area contributed by atoms with Crippen LogP contribution in [0.5, 0.6) is 0 Å². The number of nitrogens with zero attached hydrogens (tertiary/aromatic N) is 4. The summed E-state index contributed by atoms with van der Waals surface area (Å²) in [5.74, 6) is 2.39. The van der Waals surface area contributed by atoms with E-state index in [4.69, 9.17) is 4.52 Å². The van der Waals surface area contributed by atoms with Crippen LogP contribution in [0.4, 0.5) is 0 Å². The maximum atomic E-state index is 5.25. The number of rotatable bonds is 4. The SMILES string of the molecule is Cc1cnc(-c2noc(CCC3CCNC3)n2)nc1. The number of aromatic nitrogens is 4. The highest BCUT2D eigenvalue weighted by molar-refractivity contribution is 5.40. The van der Waals surface area contributed by atoms with Gasteiger partial charge in [0.1, 0.15) is 0 Å². The van der Waals surface area contributed by atoms with Crippen molar-refractivity contribution in [3.05, 3.63) is 23.8 Å². The summed E-state index contributed by atoms with van der Waals surface area (Å²) in [6.07, 6.45) is 6.65. The molecule has 3 rings (SSSR count). The second-order valence-corrected chi connectivity index (χ2v) is 4.99. The van der Waals surface area contributed by atoms with Gasteiger partial charge in [-0.1, -0.05) is 5.16 Å². The maximum absolute atomic E-state index is 5.25. The lowest BCUT2D eigenvalue weighted by molar-refractivity contribution is 0.365. The molecule has 0 aliphatic carbocycles. The molecule has 1 aliphatic heterocycles. The molecule has 6 nitrogen and oxygen atoms in total. The van der Waals surface area contributed by atoms with Crippen molar-refractivity contribution >= 4 is 0 Å². The summed E-state index contributed by atoms with van der Waals surface area (Å²) in [6.45, 7) is 4.17. The van der Waals surface area contributed by atoms with E-state index in [1.165, 1.54) is 6.42 Å². The fourth-order valence-corrected chi connectivity index (χ4v) is 2.24. The second kappa shape index (κ2) is 5.44. The van der Waals surface area contributed by atoms with Gasteiger partial charge >= 0.3 is 0 Å². The molecule has 1 saturated heterocycles. The van der Waals surface area contributed by atoms with Crippen LogP contribution < -0.4 is 5.32 Å². The molecule has 1 fully saturated rings. The number of hydrogen-bond donors (Lipinski definition) is 1. The van der Waals surface area contributed by atoms with Gasteiger partial charge in [0, 0.05) is 18.8 Å². The maximum Gasteiger partial charge on any atom is 0.240 e. The Morgan fingerprint density at radius 3 is 2.89 bits per heavy atom. The first kappa shape index (κ1) is 12.2. The Morgan fingerprint density at radius 2 is 2.16 bits per heavy atom. The molecule has 0 bridgehead atoms. The first-order valence-corrected chi connectivity index (χ1v) is 6.63. The Hall–Kier alpha value is -1.82. The van der Waals surface area contributed by atoms with Crippen LogP contribution in [0, 0.1) is 12.8 Å². The summed E-state index contributed by atoms with van der Waals surface area (Å²) < 4.78 is 5.25. The standard InChI is InChI=1S/C13H17N5O/c1-9-6-15-12(16-7-9)13-17-11(19-18-13)3-2-10-4-5-14-8-10/h6-7,10,14H,2-5,8H2,1H3. The van der Waals surface area contributed by atoms with Gasteiger partial charge in [-0.2, -0.15) is 4.98 Å². The molecule has 0 spiro atoms. The van der Waals surface area contributed by atoms with E-state index in [1.54, 1.807) is 12.4 Å². The first-order chi connectivity index (χ1) is 9.31. The third-order valence-corrected chi connectivity index (χ3v) is 3.38. The van der Waals surface area contributed by atoms with Crippen LogP contribution >= 0.6 is 0 Å². The molecule has 1 N–H and O–H groups in total. The monoisotopic (exact) mass is 259 g/mol. The van der Waals surface area contributed by atoms with Crippen LogP contribution in [-0.4, -0.2) is 33.2 Å². The molecule has 100 valence electrons. The molecule has 0 radical (unpaired) electrons. The van der Waals surface area contributed by atoms with Gasteiger partial charge in [0.2, 0.25) is 17.5 Å². The topological polar surface area (TPSA) is 76.7 Å². The van der Waals surface area contributed by atoms with Gasteiger partial charge in [-0.25, -0.2) is 9.97 Å². The van der Waals surface area contributed by atoms with Gasteiger partial charge in [0.05, 0.1) is 0 Å². The quantitative estimate of drug-likeness (QED) is 0.893. The van der Waals surface area contributed by atoms with E-state index in [9.17, 15) is 0 Å². The largest absolute Gasteiger partial charge is 0.339 e. The Balaban J connectivity index is 1.63. The van der Waals surface area contributed by atoms with Crippen LogP contribution in [0.25, 0.3) is 11.6 Å². The van der Waals surface area contributed by atoms with Crippen LogP contribution in [0.15, 0.2) is 16.9 Å². The van der Waals surface area contributed by atoms with Gasteiger partial charge in [-0.3, -0.25) is 0 Å². The number of aryl methyl sites for hydroxylation is 2. The van der Waals surface area contributed by atoms with Crippen molar-refractivity contribution in [3.8, 4) is 11.6 Å². The van der Waals surface area contributed by atoms with Crippen molar-refractivity contribution in [2.75, 3.05) is 13.1 Å². The highest BCUT2D eigenvalue weighted by Crippen LogP contribution is 2.16. The van der Waals surface area contributed by atoms with Crippen molar-refractivity contribution in [1.29, 1.82) is 0 Å². The average molecular weight is 259 g/mol. The lowest BCUT2D eigenvalue weighted by Crippen LogP contribution is -2.09. The van der Waals surface area contributed by atoms with Gasteiger partial charge in [-0.15, -0.1) is 0 Å². The molecule has 1 aliphatic rings. The summed E-state index contributed by atoms with van der Waals surface area (Å²) in [5, 5.41) is 7.29. The molecule has 2 aromatic rings. The van der Waals surface area contributed by atoms with Crippen LogP contribution in [0.3, 0.4) is 0 Å². The normalized spacial score (nSPS) is 18.9. The molecule has 3 heterocycles. The van der Waals surface area contributed by atoms with Crippen LogP contribution in [0.1, 0.15) is 24.3 Å². The molecule has 6 heteroatoms. The van der Waals surface area contributed by atoms with Crippen molar-refractivity contribution < 1.29 is 4.52 Å². The zero-order valence-corrected chi connectivity index (χ0v) is 11.0. The summed E-state index contributed by atoms with van der Waals surface area (Å²) >= 11 is 0. The first-order valence-electron chi connectivity index (χ1n) is 6.63. The van der Waals surface area contributed by atoms with E-state index in [-0.39, 0.29) is 0 Å². The summed E-state index contributed by atoms with van der Waals surface area (Å²) in [4.78, 5) is 12.7. The van der Waals surface area contributed by atoms with Gasteiger partial charge in [-0.05, 0) is 44.3 Å². The number of hydrogen-bond acceptors (Lipinski definition) is 6. The Morgan fingerprint density at radius 1 is 1.32 bits per heavy atom. The highest BCUT2D eigenvalue weighted by Gasteiger charge is 2.16. The second-order valence-electron chi connectivity index (χ2n) is 4.99. The van der Waals surface area contributed by atoms with E-state index in [2.05, 4.69) is 25.4 Å². The van der Waals surface area contributed by atoms with E-state index in [1.807, 2.05) is 6.92 Å². The van der Waals surface area contributed by atoms with Gasteiger partial charge < -0.3 is 9.84 Å². The summed E-state index contributed by atoms with van der Waals surface area (Å²) in [5.41, 5.74) is 1.02. The van der Waals surface area contributed by atoms with Crippen LogP contribution in [-0.2, 0) is 6.42 Å². The molecular formula is C13H17N5O. The zero-order valence-electron chi connectivity index (χ0n) is 11.0. The fourth-order valence-electron chi connectivity index (χ4n) is 2.24. The predicted molar refractivity (Wildman–Crippen MR) is 69.4 cm³/mol. The van der Waals surface area contributed by atoms with E-state index in [0.717, 1.165) is 37.4 Å². The molecule has 0 amide bonds. The summed E-state index contributed by atoms with van der Waals surface area (Å²) in [7, 11) is 0. The third-order valence-electron chi connectivity index (χ3n) is 3.38. The van der Waals surface area contributed by atoms with Crippen molar-refractivity contribution in [2.45, 2.75) is 26.2 Å². The molecule has 2 aromatic heterocycles. The molecule has 19 heavy (non-hydrogen) atoms. The predicted octanol–water partition coefficient (Wildman–Crippen LogP) is 1.38. The zero-order chi connectivity index (χ0) is 13.1. The van der Waals surface area contributed by atoms with E-state index in [0.29, 0.717) is 17.5 Å². The highest BCUT2D eigenvalue weighted by atomic mass is 16.5. The molecular weight excluding hydrogens is 242 g/mol. The molecule has 1 unspecified atom stereocenters. The third kappa shape index (κ3) is 2.96. The molecule has 0 saturated carbocycles. The Kier molecular flexibility index (Phi) is 3.50. The Bertz CT molecular complexity index is 530. The van der Waals surface area contributed by atoms with Crippen molar-refractivity contribution in [1.82, 2.24) is 25.4 Å². The summed E-state index contributed by atoms with van der Waals surface area (Å²) in [6, 6.07) is 0. The van der Waals surface area contributed by atoms with E-state index < -0.39 is 0 Å².